The predicted octanol–water partition coefficient (Wildman–Crippen LogP) is 4.59. The third-order valence-corrected chi connectivity index (χ3v) is 7.65. The summed E-state index contributed by atoms with van der Waals surface area (Å²) in [4.78, 5) is 54.6. The number of hydrogen-bond acceptors (Lipinski definition) is 5. The number of benzene rings is 3. The first-order chi connectivity index (χ1) is 17.5. The number of imide groups is 2. The summed E-state index contributed by atoms with van der Waals surface area (Å²) in [7, 11) is 0. The molecule has 0 unspecified atom stereocenters. The minimum Gasteiger partial charge on any atom is -0.457 e. The van der Waals surface area contributed by atoms with Crippen molar-refractivity contribution in [2.75, 3.05) is 9.80 Å². The van der Waals surface area contributed by atoms with Crippen LogP contribution in [0.25, 0.3) is 0 Å². The summed E-state index contributed by atoms with van der Waals surface area (Å²) in [6.45, 7) is 0. The van der Waals surface area contributed by atoms with Crippen LogP contribution in [0, 0.1) is 23.7 Å². The van der Waals surface area contributed by atoms with Crippen molar-refractivity contribution < 1.29 is 23.9 Å². The van der Waals surface area contributed by atoms with Crippen molar-refractivity contribution in [3.8, 4) is 11.5 Å². The van der Waals surface area contributed by atoms with Crippen LogP contribution in [0.4, 0.5) is 11.4 Å². The molecule has 3 aromatic rings. The molecule has 1 saturated carbocycles. The summed E-state index contributed by atoms with van der Waals surface area (Å²) in [6.07, 6.45) is 5.02. The number of amides is 4. The summed E-state index contributed by atoms with van der Waals surface area (Å²) in [5.74, 6) is -0.564. The van der Waals surface area contributed by atoms with Crippen LogP contribution in [0.3, 0.4) is 0 Å². The molecule has 2 bridgehead atoms. The molecule has 2 aliphatic carbocycles. The number of anilines is 2. The average Bonchev–Trinajstić information content (AvgIpc) is 3.63. The Labute approximate surface area is 206 Å². The van der Waals surface area contributed by atoms with Crippen LogP contribution in [-0.2, 0) is 9.59 Å². The molecule has 0 N–H and O–H groups in total. The number of nitrogens with zero attached hydrogens (tertiary/aromatic N) is 2. The molecular weight excluding hydrogens is 456 g/mol. The number of rotatable bonds is 4. The largest absolute Gasteiger partial charge is 0.457 e. The maximum Gasteiger partial charge on any atom is 0.266 e. The van der Waals surface area contributed by atoms with Crippen LogP contribution in [0.1, 0.15) is 27.1 Å². The number of fused-ring (bicyclic) bond motifs is 6. The molecule has 0 spiro atoms. The van der Waals surface area contributed by atoms with E-state index < -0.39 is 5.91 Å². The lowest BCUT2D eigenvalue weighted by Crippen LogP contribution is -2.32. The molecule has 0 aromatic heterocycles. The lowest BCUT2D eigenvalue weighted by Gasteiger charge is -2.18. The highest BCUT2D eigenvalue weighted by molar-refractivity contribution is 6.34. The quantitative estimate of drug-likeness (QED) is 0.406. The molecule has 7 rings (SSSR count). The van der Waals surface area contributed by atoms with Gasteiger partial charge < -0.3 is 4.74 Å². The number of carbonyl (C=O) groups is 4. The molecule has 2 aliphatic heterocycles. The third kappa shape index (κ3) is 2.86. The van der Waals surface area contributed by atoms with E-state index in [9.17, 15) is 19.2 Å². The summed E-state index contributed by atoms with van der Waals surface area (Å²) < 4.78 is 6.00. The van der Waals surface area contributed by atoms with E-state index in [0.717, 1.165) is 11.3 Å². The van der Waals surface area contributed by atoms with E-state index in [1.165, 1.54) is 4.90 Å². The molecule has 1 saturated heterocycles. The first kappa shape index (κ1) is 20.8. The van der Waals surface area contributed by atoms with Gasteiger partial charge in [0.25, 0.3) is 11.8 Å². The fraction of sp³-hybridized carbons (Fsp3) is 0.172. The molecule has 176 valence electrons. The summed E-state index contributed by atoms with van der Waals surface area (Å²) in [6, 6.07) is 20.4. The highest BCUT2D eigenvalue weighted by Gasteiger charge is 2.59. The normalized spacial score (nSPS) is 25.7. The molecule has 0 radical (unpaired) electrons. The lowest BCUT2D eigenvalue weighted by atomic mass is 9.85. The summed E-state index contributed by atoms with van der Waals surface area (Å²) >= 11 is 0. The van der Waals surface area contributed by atoms with Crippen molar-refractivity contribution in [2.24, 2.45) is 23.7 Å². The molecule has 4 atom stereocenters. The second kappa shape index (κ2) is 7.49. The average molecular weight is 476 g/mol. The van der Waals surface area contributed by atoms with Gasteiger partial charge in [-0.3, -0.25) is 19.2 Å². The molecule has 7 heteroatoms. The predicted molar refractivity (Wildman–Crippen MR) is 131 cm³/mol. The van der Waals surface area contributed by atoms with Crippen LogP contribution in [0.5, 0.6) is 11.5 Å². The van der Waals surface area contributed by atoms with Gasteiger partial charge in [0.1, 0.15) is 11.5 Å². The van der Waals surface area contributed by atoms with Gasteiger partial charge in [0.15, 0.2) is 0 Å². The second-order valence-corrected chi connectivity index (χ2v) is 9.60. The van der Waals surface area contributed by atoms with Crippen LogP contribution >= 0.6 is 0 Å². The molecule has 36 heavy (non-hydrogen) atoms. The smallest absolute Gasteiger partial charge is 0.266 e. The number of carbonyl (C=O) groups excluding carboxylic acids is 4. The van der Waals surface area contributed by atoms with Crippen LogP contribution in [0.15, 0.2) is 84.9 Å². The third-order valence-electron chi connectivity index (χ3n) is 7.65. The van der Waals surface area contributed by atoms with Crippen molar-refractivity contribution in [2.45, 2.75) is 6.42 Å². The van der Waals surface area contributed by atoms with Crippen LogP contribution < -0.4 is 14.5 Å². The van der Waals surface area contributed by atoms with Crippen molar-refractivity contribution in [1.82, 2.24) is 0 Å². The van der Waals surface area contributed by atoms with Gasteiger partial charge in [-0.2, -0.15) is 0 Å². The van der Waals surface area contributed by atoms with E-state index in [0.29, 0.717) is 28.4 Å². The van der Waals surface area contributed by atoms with Crippen molar-refractivity contribution >= 4 is 35.0 Å². The van der Waals surface area contributed by atoms with E-state index in [1.807, 2.05) is 6.07 Å². The maximum absolute atomic E-state index is 13.2. The molecule has 3 aromatic carbocycles. The molecule has 2 fully saturated rings. The van der Waals surface area contributed by atoms with Gasteiger partial charge in [0, 0.05) is 6.07 Å². The lowest BCUT2D eigenvalue weighted by molar-refractivity contribution is -0.123. The number of allylic oxidation sites excluding steroid dienone is 2. The number of para-hydroxylation sites is 1. The van der Waals surface area contributed by atoms with E-state index in [4.69, 9.17) is 4.74 Å². The summed E-state index contributed by atoms with van der Waals surface area (Å²) in [5, 5.41) is 0. The zero-order chi connectivity index (χ0) is 24.6. The Bertz CT molecular complexity index is 1480. The minimum absolute atomic E-state index is 0.142. The van der Waals surface area contributed by atoms with Gasteiger partial charge in [0.2, 0.25) is 11.8 Å². The Kier molecular flexibility index (Phi) is 4.33. The zero-order valence-corrected chi connectivity index (χ0v) is 19.0. The Morgan fingerprint density at radius 3 is 1.97 bits per heavy atom. The van der Waals surface area contributed by atoms with Gasteiger partial charge in [-0.05, 0) is 60.7 Å². The van der Waals surface area contributed by atoms with E-state index in [1.54, 1.807) is 66.7 Å². The Morgan fingerprint density at radius 2 is 1.25 bits per heavy atom. The highest BCUT2D eigenvalue weighted by atomic mass is 16.5. The fourth-order valence-corrected chi connectivity index (χ4v) is 6.07. The second-order valence-electron chi connectivity index (χ2n) is 9.60. The molecule has 4 amide bonds. The summed E-state index contributed by atoms with van der Waals surface area (Å²) in [5.41, 5.74) is 1.55. The highest BCUT2D eigenvalue weighted by Crippen LogP contribution is 2.53. The molecule has 2 heterocycles. The van der Waals surface area contributed by atoms with Gasteiger partial charge in [0.05, 0.1) is 34.3 Å². The first-order valence-corrected chi connectivity index (χ1v) is 11.9. The molecular formula is C29H20N2O5. The number of hydrogen-bond donors (Lipinski definition) is 0. The maximum atomic E-state index is 13.2. The molecule has 7 nitrogen and oxygen atoms in total. The topological polar surface area (TPSA) is 84.0 Å². The zero-order valence-electron chi connectivity index (χ0n) is 19.0. The van der Waals surface area contributed by atoms with E-state index >= 15 is 0 Å². The van der Waals surface area contributed by atoms with Gasteiger partial charge >= 0.3 is 0 Å². The number of ether oxygens (including phenoxy) is 1. The first-order valence-electron chi connectivity index (χ1n) is 11.9. The van der Waals surface area contributed by atoms with Gasteiger partial charge in [-0.25, -0.2) is 9.80 Å². The van der Waals surface area contributed by atoms with Crippen molar-refractivity contribution in [3.05, 3.63) is 96.1 Å². The van der Waals surface area contributed by atoms with Gasteiger partial charge in [-0.1, -0.05) is 36.4 Å². The van der Waals surface area contributed by atoms with Crippen molar-refractivity contribution in [3.63, 3.8) is 0 Å². The van der Waals surface area contributed by atoms with Crippen LogP contribution in [0.2, 0.25) is 0 Å². The SMILES string of the molecule is O=C1c2ccc(Oc3cccc(N4C(=O)[C@@H]5[C@@H](C4=O)[C@@H]4C=C[C@@H]5C4)c3)cc2C(=O)N1c1ccccc1. The Morgan fingerprint density at radius 1 is 0.611 bits per heavy atom. The van der Waals surface area contributed by atoms with Crippen LogP contribution in [-0.4, -0.2) is 23.6 Å². The minimum atomic E-state index is -0.413. The monoisotopic (exact) mass is 476 g/mol. The van der Waals surface area contributed by atoms with E-state index in [-0.39, 0.29) is 47.0 Å². The van der Waals surface area contributed by atoms with Gasteiger partial charge in [-0.15, -0.1) is 0 Å². The Balaban J connectivity index is 1.15. The fourth-order valence-electron chi connectivity index (χ4n) is 6.07. The van der Waals surface area contributed by atoms with E-state index in [2.05, 4.69) is 12.2 Å². The standard InChI is InChI=1S/C29H20N2O5/c32-26-22-12-11-21(15-23(22)27(33)30(26)18-5-2-1-3-6-18)36-20-8-4-7-19(14-20)31-28(34)24-16-9-10-17(13-16)25(24)29(31)35/h1-12,14-17,24-25H,13H2/t16-,17-,24+,25+/m1/s1. The Hall–Kier alpha value is -4.52. The van der Waals surface area contributed by atoms with Crippen molar-refractivity contribution in [1.29, 1.82) is 0 Å². The molecule has 4 aliphatic rings.